The van der Waals surface area contributed by atoms with Gasteiger partial charge in [-0.25, -0.2) is 0 Å². The summed E-state index contributed by atoms with van der Waals surface area (Å²) in [5, 5.41) is 13.4. The van der Waals surface area contributed by atoms with Gasteiger partial charge >= 0.3 is 0 Å². The van der Waals surface area contributed by atoms with Crippen molar-refractivity contribution >= 4 is 34.8 Å². The number of benzene rings is 2. The van der Waals surface area contributed by atoms with Crippen LogP contribution in [0.4, 0.5) is 5.69 Å². The second-order valence-corrected chi connectivity index (χ2v) is 11.0. The third-order valence-corrected chi connectivity index (χ3v) is 6.60. The van der Waals surface area contributed by atoms with Crippen molar-refractivity contribution in [2.75, 3.05) is 5.32 Å². The summed E-state index contributed by atoms with van der Waals surface area (Å²) in [6.07, 6.45) is 1.08. The highest BCUT2D eigenvalue weighted by Crippen LogP contribution is 2.39. The van der Waals surface area contributed by atoms with Crippen molar-refractivity contribution in [3.05, 3.63) is 51.0 Å². The summed E-state index contributed by atoms with van der Waals surface area (Å²) in [6, 6.07) is 7.69. The lowest BCUT2D eigenvalue weighted by atomic mass is 9.79. The molecule has 0 aliphatic carbocycles. The molecule has 2 rings (SSSR count). The number of halogens is 2. The fourth-order valence-electron chi connectivity index (χ4n) is 3.40. The highest BCUT2D eigenvalue weighted by atomic mass is 35.5. The van der Waals surface area contributed by atoms with Gasteiger partial charge in [-0.3, -0.25) is 4.79 Å². The highest BCUT2D eigenvalue weighted by Gasteiger charge is 2.26. The zero-order chi connectivity index (χ0) is 24.4. The average molecular weight is 480 g/mol. The molecule has 2 aromatic rings. The van der Waals surface area contributed by atoms with E-state index in [1.807, 2.05) is 6.07 Å². The maximum atomic E-state index is 12.8. The predicted molar refractivity (Wildman–Crippen MR) is 135 cm³/mol. The molecule has 0 saturated carbocycles. The van der Waals surface area contributed by atoms with Crippen LogP contribution in [0.15, 0.2) is 24.3 Å². The van der Waals surface area contributed by atoms with Gasteiger partial charge in [-0.15, -0.1) is 0 Å². The molecule has 1 amide bonds. The first-order valence-electron chi connectivity index (χ1n) is 10.9. The van der Waals surface area contributed by atoms with E-state index >= 15 is 0 Å². The molecule has 1 unspecified atom stereocenters. The summed E-state index contributed by atoms with van der Waals surface area (Å²) >= 11 is 12.3. The summed E-state index contributed by atoms with van der Waals surface area (Å²) in [5.74, 6) is 0.0603. The van der Waals surface area contributed by atoms with Gasteiger partial charge in [0.25, 0.3) is 5.91 Å². The fraction of sp³-hybridized carbons (Fsp3) is 0.500. The van der Waals surface area contributed by atoms with Crippen LogP contribution in [0, 0.1) is 12.3 Å². The molecule has 0 aliphatic heterocycles. The van der Waals surface area contributed by atoms with Crippen LogP contribution < -0.4 is 10.1 Å². The SMILES string of the molecule is CCC(C)(C)c1cc(CC(C)(C)C)ccc1OC(C)C(=O)Nc1cc(Cl)c(C)c(Cl)c1O. The second-order valence-electron chi connectivity index (χ2n) is 10.2. The number of phenolic OH excluding ortho intramolecular Hbond substituents is 1. The minimum atomic E-state index is -0.798. The number of carbonyl (C=O) groups excluding carboxylic acids is 1. The summed E-state index contributed by atoms with van der Waals surface area (Å²) in [7, 11) is 0. The molecule has 0 bridgehead atoms. The first-order valence-corrected chi connectivity index (χ1v) is 11.7. The number of carbonyl (C=O) groups is 1. The van der Waals surface area contributed by atoms with Gasteiger partial charge in [0.1, 0.15) is 5.75 Å². The molecule has 6 heteroatoms. The molecule has 0 aliphatic rings. The van der Waals surface area contributed by atoms with Crippen molar-refractivity contribution < 1.29 is 14.6 Å². The number of anilines is 1. The van der Waals surface area contributed by atoms with Crippen LogP contribution in [-0.4, -0.2) is 17.1 Å². The van der Waals surface area contributed by atoms with Gasteiger partial charge < -0.3 is 15.2 Å². The van der Waals surface area contributed by atoms with Gasteiger partial charge in [0.15, 0.2) is 11.9 Å². The quantitative estimate of drug-likeness (QED) is 0.400. The van der Waals surface area contributed by atoms with Crippen molar-refractivity contribution in [3.63, 3.8) is 0 Å². The first kappa shape index (κ1) is 26.3. The number of rotatable bonds is 7. The van der Waals surface area contributed by atoms with Crippen molar-refractivity contribution in [1.82, 2.24) is 0 Å². The Morgan fingerprint density at radius 2 is 1.78 bits per heavy atom. The second kappa shape index (κ2) is 9.93. The van der Waals surface area contributed by atoms with E-state index in [1.54, 1.807) is 13.8 Å². The van der Waals surface area contributed by atoms with Gasteiger partial charge in [0.2, 0.25) is 0 Å². The standard InChI is InChI=1S/C26H35Cl2NO3/c1-9-26(7,8)18-12-17(14-25(4,5)6)10-11-21(18)32-16(3)24(31)29-20-13-19(27)15(2)22(28)23(20)30/h10-13,16,30H,9,14H2,1-8H3,(H,29,31). The third-order valence-electron chi connectivity index (χ3n) is 5.74. The van der Waals surface area contributed by atoms with E-state index in [1.165, 1.54) is 11.6 Å². The van der Waals surface area contributed by atoms with E-state index in [-0.39, 0.29) is 27.3 Å². The number of aromatic hydroxyl groups is 1. The summed E-state index contributed by atoms with van der Waals surface area (Å²) in [5.41, 5.74) is 3.07. The van der Waals surface area contributed by atoms with Crippen molar-refractivity contribution in [3.8, 4) is 11.5 Å². The molecule has 32 heavy (non-hydrogen) atoms. The Labute approximate surface area is 202 Å². The zero-order valence-corrected chi connectivity index (χ0v) is 21.8. The van der Waals surface area contributed by atoms with Gasteiger partial charge in [-0.2, -0.15) is 0 Å². The van der Waals surface area contributed by atoms with E-state index in [0.29, 0.717) is 16.3 Å². The Morgan fingerprint density at radius 3 is 2.34 bits per heavy atom. The normalized spacial score (nSPS) is 13.1. The topological polar surface area (TPSA) is 58.6 Å². The van der Waals surface area contributed by atoms with Crippen LogP contribution in [0.5, 0.6) is 11.5 Å². The van der Waals surface area contributed by atoms with Gasteiger partial charge in [-0.1, -0.05) is 76.9 Å². The molecular weight excluding hydrogens is 445 g/mol. The highest BCUT2D eigenvalue weighted by molar-refractivity contribution is 6.37. The lowest BCUT2D eigenvalue weighted by Crippen LogP contribution is -2.31. The summed E-state index contributed by atoms with van der Waals surface area (Å²) in [4.78, 5) is 12.8. The van der Waals surface area contributed by atoms with Crippen molar-refractivity contribution in [2.24, 2.45) is 5.41 Å². The Kier molecular flexibility index (Phi) is 8.17. The maximum absolute atomic E-state index is 12.8. The molecule has 0 saturated heterocycles. The lowest BCUT2D eigenvalue weighted by Gasteiger charge is -2.29. The van der Waals surface area contributed by atoms with Crippen LogP contribution in [0.1, 0.15) is 71.6 Å². The Hall–Kier alpha value is -1.91. The molecule has 2 aromatic carbocycles. The molecule has 176 valence electrons. The number of nitrogens with one attached hydrogen (secondary N) is 1. The zero-order valence-electron chi connectivity index (χ0n) is 20.3. The number of hydrogen-bond acceptors (Lipinski definition) is 3. The van der Waals surface area contributed by atoms with E-state index < -0.39 is 12.0 Å². The van der Waals surface area contributed by atoms with Gasteiger partial charge in [0, 0.05) is 10.6 Å². The number of ether oxygens (including phenoxy) is 1. The van der Waals surface area contributed by atoms with E-state index in [0.717, 1.165) is 18.4 Å². The van der Waals surface area contributed by atoms with Crippen LogP contribution in [0.3, 0.4) is 0 Å². The van der Waals surface area contributed by atoms with Crippen LogP contribution in [0.2, 0.25) is 10.0 Å². The van der Waals surface area contributed by atoms with E-state index in [9.17, 15) is 9.90 Å². The smallest absolute Gasteiger partial charge is 0.265 e. The molecular formula is C26H35Cl2NO3. The molecule has 0 heterocycles. The molecule has 2 N–H and O–H groups in total. The minimum Gasteiger partial charge on any atom is -0.504 e. The first-order chi connectivity index (χ1) is 14.7. The van der Waals surface area contributed by atoms with Crippen LogP contribution >= 0.6 is 23.2 Å². The number of phenols is 1. The lowest BCUT2D eigenvalue weighted by molar-refractivity contribution is -0.122. The molecule has 0 spiro atoms. The molecule has 0 radical (unpaired) electrons. The minimum absolute atomic E-state index is 0.114. The van der Waals surface area contributed by atoms with Gasteiger partial charge in [0.05, 0.1) is 10.7 Å². The third kappa shape index (κ3) is 6.32. The summed E-state index contributed by atoms with van der Waals surface area (Å²) < 4.78 is 6.12. The van der Waals surface area contributed by atoms with E-state index in [2.05, 4.69) is 59.0 Å². The molecule has 4 nitrogen and oxygen atoms in total. The molecule has 0 fully saturated rings. The monoisotopic (exact) mass is 479 g/mol. The largest absolute Gasteiger partial charge is 0.504 e. The van der Waals surface area contributed by atoms with Crippen molar-refractivity contribution in [2.45, 2.75) is 79.8 Å². The number of amides is 1. The van der Waals surface area contributed by atoms with Gasteiger partial charge in [-0.05, 0) is 60.8 Å². The summed E-state index contributed by atoms with van der Waals surface area (Å²) in [6.45, 7) is 16.5. The van der Waals surface area contributed by atoms with Crippen LogP contribution in [0.25, 0.3) is 0 Å². The Morgan fingerprint density at radius 1 is 1.16 bits per heavy atom. The molecule has 1 atom stereocenters. The number of hydrogen-bond donors (Lipinski definition) is 2. The molecule has 0 aromatic heterocycles. The fourth-order valence-corrected chi connectivity index (χ4v) is 3.85. The Balaban J connectivity index is 2.30. The van der Waals surface area contributed by atoms with E-state index in [4.69, 9.17) is 27.9 Å². The maximum Gasteiger partial charge on any atom is 0.265 e. The average Bonchev–Trinajstić information content (AvgIpc) is 2.70. The Bertz CT molecular complexity index is 994. The van der Waals surface area contributed by atoms with Crippen molar-refractivity contribution in [1.29, 1.82) is 0 Å². The van der Waals surface area contributed by atoms with Crippen LogP contribution in [-0.2, 0) is 16.6 Å². The predicted octanol–water partition coefficient (Wildman–Crippen LogP) is 7.69.